The first-order valence-corrected chi connectivity index (χ1v) is 10.4. The molecule has 3 aromatic rings. The fraction of sp³-hybridized carbons (Fsp3) is 0.176. The van der Waals surface area contributed by atoms with Crippen LogP contribution in [-0.2, 0) is 16.3 Å². The van der Waals surface area contributed by atoms with Crippen LogP contribution >= 0.6 is 11.8 Å². The molecule has 0 unspecified atom stereocenters. The number of aromatic nitrogens is 2. The standard InChI is InChI=1S/C17H15N3O2S2/c1-23-12-4-2-11(3-5-12)20-17-16-13-8-9-24(21,22)15(13)7-6-14(16)18-10-19-17/h2-7,10H,8-9H2,1H3,(H,18,19,20). The number of sulfone groups is 1. The fourth-order valence-electron chi connectivity index (χ4n) is 2.99. The lowest BCUT2D eigenvalue weighted by molar-refractivity contribution is 0.600. The van der Waals surface area contributed by atoms with Gasteiger partial charge in [-0.3, -0.25) is 0 Å². The van der Waals surface area contributed by atoms with E-state index in [-0.39, 0.29) is 5.75 Å². The minimum absolute atomic E-state index is 0.151. The summed E-state index contributed by atoms with van der Waals surface area (Å²) in [5.41, 5.74) is 2.48. The van der Waals surface area contributed by atoms with Crippen molar-refractivity contribution in [3.8, 4) is 0 Å². The van der Waals surface area contributed by atoms with E-state index in [1.54, 1.807) is 23.9 Å². The zero-order chi connectivity index (χ0) is 16.7. The van der Waals surface area contributed by atoms with Crippen molar-refractivity contribution in [1.82, 2.24) is 9.97 Å². The van der Waals surface area contributed by atoms with Gasteiger partial charge in [-0.2, -0.15) is 0 Å². The van der Waals surface area contributed by atoms with Crippen molar-refractivity contribution < 1.29 is 8.42 Å². The Hall–Kier alpha value is -2.12. The quantitative estimate of drug-likeness (QED) is 0.724. The maximum atomic E-state index is 12.2. The highest BCUT2D eigenvalue weighted by Gasteiger charge is 2.29. The Balaban J connectivity index is 1.85. The molecule has 24 heavy (non-hydrogen) atoms. The first-order chi connectivity index (χ1) is 11.6. The number of benzene rings is 2. The van der Waals surface area contributed by atoms with Gasteiger partial charge in [0.25, 0.3) is 0 Å². The van der Waals surface area contributed by atoms with E-state index in [2.05, 4.69) is 15.3 Å². The highest BCUT2D eigenvalue weighted by Crippen LogP contribution is 2.35. The van der Waals surface area contributed by atoms with Crippen molar-refractivity contribution >= 4 is 44.0 Å². The zero-order valence-corrected chi connectivity index (χ0v) is 14.6. The van der Waals surface area contributed by atoms with Gasteiger partial charge < -0.3 is 5.32 Å². The van der Waals surface area contributed by atoms with Gasteiger partial charge in [0.2, 0.25) is 0 Å². The molecule has 5 nitrogen and oxygen atoms in total. The summed E-state index contributed by atoms with van der Waals surface area (Å²) >= 11 is 1.68. The molecule has 0 atom stereocenters. The Morgan fingerprint density at radius 3 is 2.62 bits per heavy atom. The zero-order valence-electron chi connectivity index (χ0n) is 13.0. The lowest BCUT2D eigenvalue weighted by Gasteiger charge is -2.11. The van der Waals surface area contributed by atoms with E-state index < -0.39 is 9.84 Å². The van der Waals surface area contributed by atoms with Gasteiger partial charge in [-0.15, -0.1) is 11.8 Å². The van der Waals surface area contributed by atoms with Gasteiger partial charge in [-0.05, 0) is 54.6 Å². The van der Waals surface area contributed by atoms with Crippen LogP contribution < -0.4 is 5.32 Å². The van der Waals surface area contributed by atoms with Crippen LogP contribution in [-0.4, -0.2) is 30.4 Å². The third-order valence-corrected chi connectivity index (χ3v) is 6.71. The largest absolute Gasteiger partial charge is 0.340 e. The van der Waals surface area contributed by atoms with Gasteiger partial charge in [0.15, 0.2) is 9.84 Å². The number of hydrogen-bond donors (Lipinski definition) is 1. The molecular weight excluding hydrogens is 342 g/mol. The number of nitrogens with one attached hydrogen (secondary N) is 1. The molecule has 2 heterocycles. The van der Waals surface area contributed by atoms with Crippen LogP contribution in [0.4, 0.5) is 11.5 Å². The summed E-state index contributed by atoms with van der Waals surface area (Å²) in [5.74, 6) is 0.795. The topological polar surface area (TPSA) is 72.0 Å². The Kier molecular flexibility index (Phi) is 3.69. The third kappa shape index (κ3) is 2.53. The molecule has 0 bridgehead atoms. The molecule has 1 N–H and O–H groups in total. The average molecular weight is 357 g/mol. The smallest absolute Gasteiger partial charge is 0.179 e. The van der Waals surface area contributed by atoms with Crippen molar-refractivity contribution in [2.75, 3.05) is 17.3 Å². The molecule has 1 aliphatic heterocycles. The normalized spacial score (nSPS) is 15.4. The van der Waals surface area contributed by atoms with Crippen LogP contribution in [0.5, 0.6) is 0 Å². The number of anilines is 2. The Bertz CT molecular complexity index is 1030. The Morgan fingerprint density at radius 1 is 1.08 bits per heavy atom. The molecule has 0 amide bonds. The van der Waals surface area contributed by atoms with E-state index in [9.17, 15) is 8.42 Å². The SMILES string of the molecule is CSc1ccc(Nc2ncnc3ccc4c(c23)CCS4(=O)=O)cc1. The second-order valence-electron chi connectivity index (χ2n) is 5.58. The molecule has 7 heteroatoms. The second kappa shape index (κ2) is 5.75. The average Bonchev–Trinajstić information content (AvgIpc) is 2.91. The molecule has 1 aliphatic rings. The predicted molar refractivity (Wildman–Crippen MR) is 96.8 cm³/mol. The van der Waals surface area contributed by atoms with Gasteiger partial charge in [0, 0.05) is 16.0 Å². The maximum Gasteiger partial charge on any atom is 0.179 e. The molecule has 0 saturated heterocycles. The summed E-state index contributed by atoms with van der Waals surface area (Å²) in [6.07, 6.45) is 4.03. The van der Waals surface area contributed by atoms with Crippen molar-refractivity contribution in [3.05, 3.63) is 48.3 Å². The van der Waals surface area contributed by atoms with E-state index >= 15 is 0 Å². The van der Waals surface area contributed by atoms with E-state index in [4.69, 9.17) is 0 Å². The number of thioether (sulfide) groups is 1. The summed E-state index contributed by atoms with van der Waals surface area (Å²) in [4.78, 5) is 10.2. The third-order valence-electron chi connectivity index (χ3n) is 4.18. The molecule has 0 fully saturated rings. The maximum absolute atomic E-state index is 12.2. The molecule has 1 aromatic heterocycles. The summed E-state index contributed by atoms with van der Waals surface area (Å²) in [7, 11) is -3.18. The van der Waals surface area contributed by atoms with Crippen LogP contribution in [0.2, 0.25) is 0 Å². The summed E-state index contributed by atoms with van der Waals surface area (Å²) in [6.45, 7) is 0. The number of nitrogens with zero attached hydrogens (tertiary/aromatic N) is 2. The highest BCUT2D eigenvalue weighted by atomic mass is 32.2. The van der Waals surface area contributed by atoms with E-state index in [0.717, 1.165) is 22.2 Å². The Morgan fingerprint density at radius 2 is 1.88 bits per heavy atom. The van der Waals surface area contributed by atoms with E-state index in [0.29, 0.717) is 17.1 Å². The number of rotatable bonds is 3. The van der Waals surface area contributed by atoms with Crippen molar-refractivity contribution in [3.63, 3.8) is 0 Å². The molecule has 0 saturated carbocycles. The minimum Gasteiger partial charge on any atom is -0.340 e. The van der Waals surface area contributed by atoms with Crippen LogP contribution in [0.25, 0.3) is 10.9 Å². The molecule has 0 radical (unpaired) electrons. The Labute approximate surface area is 144 Å². The first kappa shape index (κ1) is 15.4. The van der Waals surface area contributed by atoms with E-state index in [1.807, 2.05) is 30.5 Å². The molecule has 4 rings (SSSR count). The molecular formula is C17H15N3O2S2. The van der Waals surface area contributed by atoms with Crippen LogP contribution in [0.3, 0.4) is 0 Å². The van der Waals surface area contributed by atoms with E-state index in [1.165, 1.54) is 11.2 Å². The van der Waals surface area contributed by atoms with Gasteiger partial charge in [-0.25, -0.2) is 18.4 Å². The molecule has 0 aliphatic carbocycles. The van der Waals surface area contributed by atoms with Crippen molar-refractivity contribution in [1.29, 1.82) is 0 Å². The van der Waals surface area contributed by atoms with Gasteiger partial charge in [0.05, 0.1) is 16.2 Å². The summed E-state index contributed by atoms with van der Waals surface area (Å²) in [5, 5.41) is 4.10. The van der Waals surface area contributed by atoms with Crippen molar-refractivity contribution in [2.24, 2.45) is 0 Å². The number of aryl methyl sites for hydroxylation is 1. The first-order valence-electron chi connectivity index (χ1n) is 7.49. The van der Waals surface area contributed by atoms with Crippen molar-refractivity contribution in [2.45, 2.75) is 16.2 Å². The molecule has 2 aromatic carbocycles. The summed E-state index contributed by atoms with van der Waals surface area (Å²) in [6, 6.07) is 11.4. The van der Waals surface area contributed by atoms with Gasteiger partial charge >= 0.3 is 0 Å². The monoisotopic (exact) mass is 357 g/mol. The fourth-order valence-corrected chi connectivity index (χ4v) is 4.95. The summed E-state index contributed by atoms with van der Waals surface area (Å²) < 4.78 is 24.3. The number of hydrogen-bond acceptors (Lipinski definition) is 6. The molecule has 122 valence electrons. The predicted octanol–water partition coefficient (Wildman–Crippen LogP) is 3.43. The van der Waals surface area contributed by atoms with Crippen LogP contribution in [0.15, 0.2) is 52.5 Å². The van der Waals surface area contributed by atoms with Crippen LogP contribution in [0, 0.1) is 0 Å². The number of fused-ring (bicyclic) bond motifs is 3. The second-order valence-corrected chi connectivity index (χ2v) is 8.54. The lowest BCUT2D eigenvalue weighted by Crippen LogP contribution is -2.00. The van der Waals surface area contributed by atoms with Crippen LogP contribution in [0.1, 0.15) is 5.56 Å². The van der Waals surface area contributed by atoms with Gasteiger partial charge in [0.1, 0.15) is 12.1 Å². The lowest BCUT2D eigenvalue weighted by atomic mass is 10.1. The van der Waals surface area contributed by atoms with Gasteiger partial charge in [-0.1, -0.05) is 0 Å². The minimum atomic E-state index is -3.18. The highest BCUT2D eigenvalue weighted by molar-refractivity contribution is 7.98. The molecule has 0 spiro atoms.